The van der Waals surface area contributed by atoms with Gasteiger partial charge in [-0.15, -0.1) is 0 Å². The first-order chi connectivity index (χ1) is 9.63. The van der Waals surface area contributed by atoms with Crippen LogP contribution >= 0.6 is 0 Å². The van der Waals surface area contributed by atoms with Crippen LogP contribution < -0.4 is 9.47 Å². The maximum atomic E-state index is 5.49. The molecule has 1 aromatic carbocycles. The van der Waals surface area contributed by atoms with Crippen molar-refractivity contribution in [1.29, 1.82) is 0 Å². The number of nitrogens with zero attached hydrogens (tertiary/aromatic N) is 2. The maximum Gasteiger partial charge on any atom is 0.125 e. The van der Waals surface area contributed by atoms with Crippen molar-refractivity contribution in [3.63, 3.8) is 0 Å². The van der Waals surface area contributed by atoms with Crippen LogP contribution in [0.3, 0.4) is 0 Å². The fourth-order valence-electron chi connectivity index (χ4n) is 2.73. The molecular formula is C16H26N2O2. The van der Waals surface area contributed by atoms with Gasteiger partial charge in [-0.05, 0) is 32.0 Å². The molecule has 20 heavy (non-hydrogen) atoms. The van der Waals surface area contributed by atoms with Crippen LogP contribution in [0.15, 0.2) is 18.2 Å². The summed E-state index contributed by atoms with van der Waals surface area (Å²) in [6.45, 7) is 6.91. The normalized spacial score (nSPS) is 18.8. The van der Waals surface area contributed by atoms with Crippen molar-refractivity contribution in [2.45, 2.75) is 19.4 Å². The minimum atomic E-state index is 0.533. The van der Waals surface area contributed by atoms with E-state index in [2.05, 4.69) is 29.8 Å². The van der Waals surface area contributed by atoms with Gasteiger partial charge in [0.05, 0.1) is 14.2 Å². The van der Waals surface area contributed by atoms with E-state index in [0.29, 0.717) is 6.04 Å². The zero-order valence-corrected chi connectivity index (χ0v) is 13.1. The fraction of sp³-hybridized carbons (Fsp3) is 0.625. The Hall–Kier alpha value is -1.26. The number of hydrogen-bond acceptors (Lipinski definition) is 4. The summed E-state index contributed by atoms with van der Waals surface area (Å²) in [5, 5.41) is 0. The summed E-state index contributed by atoms with van der Waals surface area (Å²) in [5.41, 5.74) is 1.25. The molecule has 1 heterocycles. The molecule has 0 bridgehead atoms. The Bertz CT molecular complexity index is 428. The van der Waals surface area contributed by atoms with E-state index in [4.69, 9.17) is 9.47 Å². The number of likely N-dealkylation sites (N-methyl/N-ethyl adjacent to an activating group) is 1. The highest BCUT2D eigenvalue weighted by atomic mass is 16.5. The molecule has 2 rings (SSSR count). The summed E-state index contributed by atoms with van der Waals surface area (Å²) in [6, 6.07) is 6.62. The first-order valence-corrected chi connectivity index (χ1v) is 7.27. The molecule has 0 radical (unpaired) electrons. The number of methoxy groups -OCH3 is 2. The average molecular weight is 278 g/mol. The second-order valence-electron chi connectivity index (χ2n) is 5.57. The van der Waals surface area contributed by atoms with E-state index >= 15 is 0 Å². The summed E-state index contributed by atoms with van der Waals surface area (Å²) < 4.78 is 10.7. The van der Waals surface area contributed by atoms with Gasteiger partial charge in [0.2, 0.25) is 0 Å². The molecule has 0 N–H and O–H groups in total. The first-order valence-electron chi connectivity index (χ1n) is 7.27. The Kier molecular flexibility index (Phi) is 5.26. The highest BCUT2D eigenvalue weighted by Crippen LogP contribution is 2.26. The van der Waals surface area contributed by atoms with Crippen LogP contribution in [-0.2, 0) is 6.42 Å². The van der Waals surface area contributed by atoms with Crippen molar-refractivity contribution in [2.24, 2.45) is 0 Å². The maximum absolute atomic E-state index is 5.49. The number of ether oxygens (including phenoxy) is 2. The van der Waals surface area contributed by atoms with Gasteiger partial charge in [0.1, 0.15) is 11.5 Å². The SMILES string of the molecule is COc1ccc(CC(C)N2CCN(C)CC2)c(OC)c1. The van der Waals surface area contributed by atoms with Crippen molar-refractivity contribution in [3.8, 4) is 11.5 Å². The monoisotopic (exact) mass is 278 g/mol. The van der Waals surface area contributed by atoms with E-state index in [9.17, 15) is 0 Å². The minimum Gasteiger partial charge on any atom is -0.497 e. The zero-order valence-electron chi connectivity index (χ0n) is 13.1. The van der Waals surface area contributed by atoms with Gasteiger partial charge >= 0.3 is 0 Å². The summed E-state index contributed by atoms with van der Waals surface area (Å²) in [4.78, 5) is 4.95. The average Bonchev–Trinajstić information content (AvgIpc) is 2.48. The summed E-state index contributed by atoms with van der Waals surface area (Å²) in [7, 11) is 5.59. The van der Waals surface area contributed by atoms with E-state index in [1.807, 2.05) is 12.1 Å². The van der Waals surface area contributed by atoms with Crippen molar-refractivity contribution < 1.29 is 9.47 Å². The number of benzene rings is 1. The van der Waals surface area contributed by atoms with Gasteiger partial charge in [0, 0.05) is 38.3 Å². The summed E-state index contributed by atoms with van der Waals surface area (Å²) in [6.07, 6.45) is 1.01. The van der Waals surface area contributed by atoms with Crippen LogP contribution in [-0.4, -0.2) is 63.3 Å². The lowest BCUT2D eigenvalue weighted by molar-refractivity contribution is 0.118. The molecule has 1 aliphatic rings. The predicted octanol–water partition coefficient (Wildman–Crippen LogP) is 1.88. The summed E-state index contributed by atoms with van der Waals surface area (Å²) in [5.74, 6) is 1.77. The Balaban J connectivity index is 2.01. The van der Waals surface area contributed by atoms with Gasteiger partial charge in [0.25, 0.3) is 0 Å². The van der Waals surface area contributed by atoms with Gasteiger partial charge in [-0.2, -0.15) is 0 Å². The van der Waals surface area contributed by atoms with Crippen molar-refractivity contribution >= 4 is 0 Å². The molecule has 0 spiro atoms. The molecule has 0 saturated carbocycles. The van der Waals surface area contributed by atoms with Gasteiger partial charge < -0.3 is 14.4 Å². The molecule has 1 saturated heterocycles. The third-order valence-corrected chi connectivity index (χ3v) is 4.17. The molecule has 1 unspecified atom stereocenters. The standard InChI is InChI=1S/C16H26N2O2/c1-13(18-9-7-17(2)8-10-18)11-14-5-6-15(19-3)12-16(14)20-4/h5-6,12-13H,7-11H2,1-4H3. The molecule has 4 nitrogen and oxygen atoms in total. The molecule has 0 aromatic heterocycles. The quantitative estimate of drug-likeness (QED) is 0.821. The molecule has 4 heteroatoms. The molecule has 1 aliphatic heterocycles. The van der Waals surface area contributed by atoms with Crippen LogP contribution in [0.4, 0.5) is 0 Å². The Morgan fingerprint density at radius 2 is 1.80 bits per heavy atom. The molecule has 0 amide bonds. The van der Waals surface area contributed by atoms with E-state index in [1.54, 1.807) is 14.2 Å². The topological polar surface area (TPSA) is 24.9 Å². The van der Waals surface area contributed by atoms with Crippen LogP contribution in [0.25, 0.3) is 0 Å². The Labute approximate surface area is 122 Å². The summed E-state index contributed by atoms with van der Waals surface area (Å²) >= 11 is 0. The van der Waals surface area contributed by atoms with E-state index in [0.717, 1.165) is 44.1 Å². The number of piperazine rings is 1. The van der Waals surface area contributed by atoms with Gasteiger partial charge in [0.15, 0.2) is 0 Å². The number of hydrogen-bond donors (Lipinski definition) is 0. The zero-order chi connectivity index (χ0) is 14.5. The highest BCUT2D eigenvalue weighted by molar-refractivity contribution is 5.41. The smallest absolute Gasteiger partial charge is 0.125 e. The largest absolute Gasteiger partial charge is 0.497 e. The predicted molar refractivity (Wildman–Crippen MR) is 81.8 cm³/mol. The second-order valence-corrected chi connectivity index (χ2v) is 5.57. The number of rotatable bonds is 5. The molecular weight excluding hydrogens is 252 g/mol. The van der Waals surface area contributed by atoms with Crippen LogP contribution in [0, 0.1) is 0 Å². The van der Waals surface area contributed by atoms with Crippen molar-refractivity contribution in [2.75, 3.05) is 47.4 Å². The van der Waals surface area contributed by atoms with E-state index in [-0.39, 0.29) is 0 Å². The Morgan fingerprint density at radius 1 is 1.10 bits per heavy atom. The van der Waals surface area contributed by atoms with Gasteiger partial charge in [-0.25, -0.2) is 0 Å². The van der Waals surface area contributed by atoms with Crippen LogP contribution in [0.5, 0.6) is 11.5 Å². The lowest BCUT2D eigenvalue weighted by atomic mass is 10.0. The minimum absolute atomic E-state index is 0.533. The van der Waals surface area contributed by atoms with Crippen molar-refractivity contribution in [1.82, 2.24) is 9.80 Å². The highest BCUT2D eigenvalue weighted by Gasteiger charge is 2.20. The molecule has 112 valence electrons. The fourth-order valence-corrected chi connectivity index (χ4v) is 2.73. The second kappa shape index (κ2) is 6.95. The lowest BCUT2D eigenvalue weighted by Crippen LogP contribution is -2.48. The van der Waals surface area contributed by atoms with Crippen LogP contribution in [0.2, 0.25) is 0 Å². The van der Waals surface area contributed by atoms with Gasteiger partial charge in [-0.3, -0.25) is 4.90 Å². The first kappa shape index (κ1) is 15.1. The molecule has 1 aromatic rings. The van der Waals surface area contributed by atoms with Gasteiger partial charge in [-0.1, -0.05) is 6.07 Å². The van der Waals surface area contributed by atoms with E-state index in [1.165, 1.54) is 5.56 Å². The van der Waals surface area contributed by atoms with Crippen molar-refractivity contribution in [3.05, 3.63) is 23.8 Å². The molecule has 1 fully saturated rings. The van der Waals surface area contributed by atoms with Crippen LogP contribution in [0.1, 0.15) is 12.5 Å². The lowest BCUT2D eigenvalue weighted by Gasteiger charge is -2.36. The molecule has 0 aliphatic carbocycles. The third kappa shape index (κ3) is 3.64. The molecule has 1 atom stereocenters. The third-order valence-electron chi connectivity index (χ3n) is 4.17. The Morgan fingerprint density at radius 3 is 2.40 bits per heavy atom. The van der Waals surface area contributed by atoms with E-state index < -0.39 is 0 Å².